The monoisotopic (exact) mass is 368 g/mol. The van der Waals surface area contributed by atoms with Crippen molar-refractivity contribution in [1.82, 2.24) is 20.1 Å². The number of carbonyl (C=O) groups excluding carboxylic acids is 1. The smallest absolute Gasteiger partial charge is 0.230 e. The van der Waals surface area contributed by atoms with E-state index >= 15 is 0 Å². The highest BCUT2D eigenvalue weighted by molar-refractivity contribution is 7.99. The quantitative estimate of drug-likeness (QED) is 0.649. The third-order valence-electron chi connectivity index (χ3n) is 3.86. The molecule has 1 amide bonds. The molecule has 6 nitrogen and oxygen atoms in total. The minimum Gasteiger partial charge on any atom is -0.497 e. The molecule has 0 aliphatic heterocycles. The van der Waals surface area contributed by atoms with E-state index in [1.54, 1.807) is 13.4 Å². The normalized spacial score (nSPS) is 11.8. The summed E-state index contributed by atoms with van der Waals surface area (Å²) in [5.74, 6) is 0.966. The van der Waals surface area contributed by atoms with Crippen LogP contribution in [0.25, 0.3) is 5.69 Å². The number of amides is 1. The predicted molar refractivity (Wildman–Crippen MR) is 102 cm³/mol. The maximum absolute atomic E-state index is 12.3. The molecule has 1 aromatic heterocycles. The van der Waals surface area contributed by atoms with Gasteiger partial charge in [-0.3, -0.25) is 9.36 Å². The molecule has 0 saturated heterocycles. The number of hydrogen-bond donors (Lipinski definition) is 1. The van der Waals surface area contributed by atoms with Crippen molar-refractivity contribution in [2.75, 3.05) is 12.9 Å². The average molecular weight is 368 g/mol. The lowest BCUT2D eigenvalue weighted by Crippen LogP contribution is -2.28. The first-order valence-corrected chi connectivity index (χ1v) is 9.17. The number of nitrogens with one attached hydrogen (secondary N) is 1. The van der Waals surface area contributed by atoms with Gasteiger partial charge in [0.2, 0.25) is 5.91 Å². The van der Waals surface area contributed by atoms with E-state index in [0.717, 1.165) is 17.0 Å². The summed E-state index contributed by atoms with van der Waals surface area (Å²) in [6.45, 7) is 1.97. The van der Waals surface area contributed by atoms with Crippen molar-refractivity contribution >= 4 is 17.7 Å². The van der Waals surface area contributed by atoms with Crippen LogP contribution in [0, 0.1) is 0 Å². The second-order valence-corrected chi connectivity index (χ2v) is 6.62. The van der Waals surface area contributed by atoms with Gasteiger partial charge in [-0.2, -0.15) is 0 Å². The van der Waals surface area contributed by atoms with E-state index in [4.69, 9.17) is 4.74 Å². The van der Waals surface area contributed by atoms with E-state index in [1.165, 1.54) is 11.8 Å². The lowest BCUT2D eigenvalue weighted by atomic mass is 10.1. The first kappa shape index (κ1) is 18.0. The molecule has 134 valence electrons. The summed E-state index contributed by atoms with van der Waals surface area (Å²) in [5, 5.41) is 11.7. The standard InChI is InChI=1S/C19H20N4O2S/c1-14(15-7-4-3-5-8-15)21-18(24)12-26-19-22-20-13-23(19)16-9-6-10-17(11-16)25-2/h3-11,13-14H,12H2,1-2H3,(H,21,24)/t14-/m1/s1. The number of rotatable bonds is 7. The Kier molecular flexibility index (Phi) is 5.91. The van der Waals surface area contributed by atoms with E-state index in [9.17, 15) is 4.79 Å². The Morgan fingerprint density at radius 2 is 2.04 bits per heavy atom. The maximum Gasteiger partial charge on any atom is 0.230 e. The molecule has 1 atom stereocenters. The van der Waals surface area contributed by atoms with E-state index < -0.39 is 0 Å². The van der Waals surface area contributed by atoms with Gasteiger partial charge in [-0.05, 0) is 24.6 Å². The lowest BCUT2D eigenvalue weighted by Gasteiger charge is -2.14. The first-order valence-electron chi connectivity index (χ1n) is 8.19. The highest BCUT2D eigenvalue weighted by atomic mass is 32.2. The Hall–Kier alpha value is -2.80. The van der Waals surface area contributed by atoms with Crippen molar-refractivity contribution in [2.45, 2.75) is 18.1 Å². The largest absolute Gasteiger partial charge is 0.497 e. The molecule has 0 unspecified atom stereocenters. The fourth-order valence-corrected chi connectivity index (χ4v) is 3.24. The summed E-state index contributed by atoms with van der Waals surface area (Å²) in [6, 6.07) is 17.4. The van der Waals surface area contributed by atoms with E-state index in [2.05, 4.69) is 15.5 Å². The van der Waals surface area contributed by atoms with Gasteiger partial charge in [0.1, 0.15) is 12.1 Å². The van der Waals surface area contributed by atoms with Crippen LogP contribution in [-0.2, 0) is 4.79 Å². The maximum atomic E-state index is 12.3. The van der Waals surface area contributed by atoms with Gasteiger partial charge < -0.3 is 10.1 Å². The van der Waals surface area contributed by atoms with Crippen LogP contribution in [0.5, 0.6) is 5.75 Å². The number of hydrogen-bond acceptors (Lipinski definition) is 5. The van der Waals surface area contributed by atoms with Gasteiger partial charge >= 0.3 is 0 Å². The fraction of sp³-hybridized carbons (Fsp3) is 0.211. The summed E-state index contributed by atoms with van der Waals surface area (Å²) in [6.07, 6.45) is 1.63. The summed E-state index contributed by atoms with van der Waals surface area (Å²) in [5.41, 5.74) is 1.96. The summed E-state index contributed by atoms with van der Waals surface area (Å²) in [7, 11) is 1.62. The summed E-state index contributed by atoms with van der Waals surface area (Å²) < 4.78 is 7.09. The van der Waals surface area contributed by atoms with Crippen molar-refractivity contribution in [3.63, 3.8) is 0 Å². The molecule has 0 spiro atoms. The Morgan fingerprint density at radius 3 is 2.81 bits per heavy atom. The van der Waals surface area contributed by atoms with Crippen LogP contribution >= 0.6 is 11.8 Å². The van der Waals surface area contributed by atoms with Crippen LogP contribution in [0.15, 0.2) is 66.1 Å². The molecule has 1 heterocycles. The molecule has 0 radical (unpaired) electrons. The van der Waals surface area contributed by atoms with Crippen LogP contribution < -0.4 is 10.1 Å². The topological polar surface area (TPSA) is 69.0 Å². The predicted octanol–water partition coefficient (Wildman–Crippen LogP) is 3.25. The minimum absolute atomic E-state index is 0.0412. The third-order valence-corrected chi connectivity index (χ3v) is 4.80. The van der Waals surface area contributed by atoms with Crippen molar-refractivity contribution in [2.24, 2.45) is 0 Å². The zero-order chi connectivity index (χ0) is 18.4. The van der Waals surface area contributed by atoms with Crippen molar-refractivity contribution < 1.29 is 9.53 Å². The Bertz CT molecular complexity index is 867. The number of aromatic nitrogens is 3. The van der Waals surface area contributed by atoms with Crippen LogP contribution in [0.3, 0.4) is 0 Å². The van der Waals surface area contributed by atoms with Crippen LogP contribution in [0.4, 0.5) is 0 Å². The molecular formula is C19H20N4O2S. The fourth-order valence-electron chi connectivity index (χ4n) is 2.50. The molecule has 1 N–H and O–H groups in total. The van der Waals surface area contributed by atoms with Gasteiger partial charge in [0.15, 0.2) is 5.16 Å². The number of carbonyl (C=O) groups is 1. The van der Waals surface area contributed by atoms with Crippen molar-refractivity contribution in [3.8, 4) is 11.4 Å². The van der Waals surface area contributed by atoms with Gasteiger partial charge in [0.25, 0.3) is 0 Å². The number of benzene rings is 2. The van der Waals surface area contributed by atoms with E-state index in [1.807, 2.05) is 66.1 Å². The minimum atomic E-state index is -0.0495. The van der Waals surface area contributed by atoms with E-state index in [0.29, 0.717) is 5.16 Å². The highest BCUT2D eigenvalue weighted by Crippen LogP contribution is 2.22. The van der Waals surface area contributed by atoms with E-state index in [-0.39, 0.29) is 17.7 Å². The molecular weight excluding hydrogens is 348 g/mol. The Morgan fingerprint density at radius 1 is 1.23 bits per heavy atom. The third kappa shape index (κ3) is 4.43. The second kappa shape index (κ2) is 8.53. The second-order valence-electron chi connectivity index (χ2n) is 5.67. The van der Waals surface area contributed by atoms with Crippen LogP contribution in [0.1, 0.15) is 18.5 Å². The molecule has 0 aliphatic carbocycles. The SMILES string of the molecule is COc1cccc(-n2cnnc2SCC(=O)N[C@H](C)c2ccccc2)c1. The van der Waals surface area contributed by atoms with Crippen LogP contribution in [0.2, 0.25) is 0 Å². The van der Waals surface area contributed by atoms with Gasteiger partial charge in [-0.1, -0.05) is 48.2 Å². The number of nitrogens with zero attached hydrogens (tertiary/aromatic N) is 3. The van der Waals surface area contributed by atoms with Gasteiger partial charge in [0, 0.05) is 6.07 Å². The highest BCUT2D eigenvalue weighted by Gasteiger charge is 2.13. The van der Waals surface area contributed by atoms with Gasteiger partial charge in [-0.25, -0.2) is 0 Å². The van der Waals surface area contributed by atoms with Crippen LogP contribution in [-0.4, -0.2) is 33.5 Å². The molecule has 0 aliphatic rings. The first-order chi connectivity index (χ1) is 12.7. The molecule has 3 aromatic rings. The average Bonchev–Trinajstić information content (AvgIpc) is 3.16. The summed E-state index contributed by atoms with van der Waals surface area (Å²) in [4.78, 5) is 12.3. The number of ether oxygens (including phenoxy) is 1. The number of methoxy groups -OCH3 is 1. The van der Waals surface area contributed by atoms with Gasteiger partial charge in [-0.15, -0.1) is 10.2 Å². The molecule has 26 heavy (non-hydrogen) atoms. The zero-order valence-corrected chi connectivity index (χ0v) is 15.4. The molecule has 3 rings (SSSR count). The Balaban J connectivity index is 1.62. The lowest BCUT2D eigenvalue weighted by molar-refractivity contribution is -0.119. The van der Waals surface area contributed by atoms with Crippen molar-refractivity contribution in [3.05, 3.63) is 66.5 Å². The molecule has 0 fully saturated rings. The summed E-state index contributed by atoms with van der Waals surface area (Å²) >= 11 is 1.34. The molecule has 0 bridgehead atoms. The molecule has 2 aromatic carbocycles. The molecule has 0 saturated carbocycles. The van der Waals surface area contributed by atoms with Gasteiger partial charge in [0.05, 0.1) is 24.6 Å². The zero-order valence-electron chi connectivity index (χ0n) is 14.6. The Labute approximate surface area is 156 Å². The molecule has 7 heteroatoms. The van der Waals surface area contributed by atoms with Crippen molar-refractivity contribution in [1.29, 1.82) is 0 Å². The number of thioether (sulfide) groups is 1.